The van der Waals surface area contributed by atoms with Gasteiger partial charge in [0.1, 0.15) is 5.82 Å². The van der Waals surface area contributed by atoms with Crippen LogP contribution in [0.25, 0.3) is 32.6 Å². The van der Waals surface area contributed by atoms with Gasteiger partial charge in [0.25, 0.3) is 0 Å². The number of fused-ring (bicyclic) bond motifs is 3. The number of anilines is 2. The number of imidazole rings is 1. The van der Waals surface area contributed by atoms with Gasteiger partial charge in [-0.1, -0.05) is 84.9 Å². The molecule has 0 aliphatic heterocycles. The molecule has 0 fully saturated rings. The van der Waals surface area contributed by atoms with Crippen molar-refractivity contribution in [3.05, 3.63) is 115 Å². The molecule has 180 valence electrons. The molecule has 3 N–H and O–H groups in total. The Morgan fingerprint density at radius 1 is 0.649 bits per heavy atom. The first-order chi connectivity index (χ1) is 18.2. The van der Waals surface area contributed by atoms with Crippen LogP contribution in [-0.2, 0) is 6.54 Å². The van der Waals surface area contributed by atoms with E-state index >= 15 is 0 Å². The van der Waals surface area contributed by atoms with Gasteiger partial charge in [-0.3, -0.25) is 0 Å². The van der Waals surface area contributed by atoms with Gasteiger partial charge in [0.05, 0.1) is 29.0 Å². The van der Waals surface area contributed by atoms with Crippen molar-refractivity contribution in [1.29, 1.82) is 0 Å². The average molecular weight is 486 g/mol. The fourth-order valence-electron chi connectivity index (χ4n) is 4.59. The molecule has 6 aromatic rings. The van der Waals surface area contributed by atoms with Gasteiger partial charge in [0.15, 0.2) is 0 Å². The van der Waals surface area contributed by atoms with E-state index < -0.39 is 0 Å². The number of carbonyl (C=O) groups excluding carboxylic acids is 2. The Bertz CT molecular complexity index is 1780. The van der Waals surface area contributed by atoms with Crippen LogP contribution in [0, 0.1) is 0 Å². The van der Waals surface area contributed by atoms with Crippen molar-refractivity contribution >= 4 is 56.0 Å². The monoisotopic (exact) mass is 485 g/mol. The van der Waals surface area contributed by atoms with E-state index in [0.29, 0.717) is 28.2 Å². The molecule has 0 bridgehead atoms. The van der Waals surface area contributed by atoms with Crippen molar-refractivity contribution in [3.8, 4) is 0 Å². The Morgan fingerprint density at radius 2 is 1.22 bits per heavy atom. The summed E-state index contributed by atoms with van der Waals surface area (Å²) in [5.41, 5.74) is 2.74. The number of nitrogens with one attached hydrogen (secondary N) is 3. The highest BCUT2D eigenvalue weighted by Crippen LogP contribution is 2.25. The third-order valence-corrected chi connectivity index (χ3v) is 6.31. The lowest BCUT2D eigenvalue weighted by molar-refractivity contribution is 0.249. The van der Waals surface area contributed by atoms with Crippen molar-refractivity contribution < 1.29 is 9.59 Å². The van der Waals surface area contributed by atoms with Crippen molar-refractivity contribution in [2.45, 2.75) is 6.54 Å². The van der Waals surface area contributed by atoms with Gasteiger partial charge in [-0.2, -0.15) is 0 Å². The number of benzene rings is 5. The van der Waals surface area contributed by atoms with Crippen LogP contribution in [0.15, 0.2) is 109 Å². The van der Waals surface area contributed by atoms with E-state index in [1.165, 1.54) is 4.57 Å². The number of amides is 3. The second-order valence-electron chi connectivity index (χ2n) is 8.64. The summed E-state index contributed by atoms with van der Waals surface area (Å²) in [5.74, 6) is 0.423. The molecule has 6 rings (SSSR count). The zero-order valence-corrected chi connectivity index (χ0v) is 19.8. The Hall–Kier alpha value is -5.17. The number of carbonyl (C=O) groups is 2. The Morgan fingerprint density at radius 3 is 1.92 bits per heavy atom. The minimum atomic E-state index is -0.385. The van der Waals surface area contributed by atoms with E-state index in [0.717, 1.165) is 21.5 Å². The van der Waals surface area contributed by atoms with Crippen molar-refractivity contribution in [1.82, 2.24) is 14.9 Å². The molecule has 0 atom stereocenters. The van der Waals surface area contributed by atoms with Gasteiger partial charge in [0, 0.05) is 10.8 Å². The van der Waals surface area contributed by atoms with E-state index in [4.69, 9.17) is 0 Å². The standard InChI is InChI=1S/C30H23N5O2/c36-29(33-24-16-7-11-20-9-1-3-13-22(20)24)31-19-28-32-26-15-5-6-18-27(26)35(28)30(37)34-25-17-8-12-21-10-2-4-14-23(21)25/h1-18H,19H2,(H,34,37)(H2,31,33,36). The van der Waals surface area contributed by atoms with Crippen LogP contribution in [0.4, 0.5) is 21.0 Å². The number of aromatic nitrogens is 2. The highest BCUT2D eigenvalue weighted by Gasteiger charge is 2.18. The van der Waals surface area contributed by atoms with Gasteiger partial charge in [-0.05, 0) is 35.0 Å². The van der Waals surface area contributed by atoms with Gasteiger partial charge in [0.2, 0.25) is 0 Å². The van der Waals surface area contributed by atoms with Crippen molar-refractivity contribution in [2.24, 2.45) is 0 Å². The number of rotatable bonds is 4. The molecule has 1 heterocycles. The Kier molecular flexibility index (Phi) is 5.71. The van der Waals surface area contributed by atoms with Crippen molar-refractivity contribution in [2.75, 3.05) is 10.6 Å². The van der Waals surface area contributed by atoms with Crippen LogP contribution >= 0.6 is 0 Å². The van der Waals surface area contributed by atoms with Crippen molar-refractivity contribution in [3.63, 3.8) is 0 Å². The highest BCUT2D eigenvalue weighted by molar-refractivity contribution is 6.05. The maximum absolute atomic E-state index is 13.5. The molecule has 37 heavy (non-hydrogen) atoms. The number of urea groups is 1. The molecule has 0 aliphatic carbocycles. The SMILES string of the molecule is O=C(NCc1nc2ccccc2n1C(=O)Nc1cccc2ccccc12)Nc1cccc2ccccc12. The molecular weight excluding hydrogens is 462 g/mol. The van der Waals surface area contributed by atoms with Gasteiger partial charge < -0.3 is 16.0 Å². The molecule has 7 nitrogen and oxygen atoms in total. The van der Waals surface area contributed by atoms with Crippen LogP contribution < -0.4 is 16.0 Å². The zero-order valence-electron chi connectivity index (χ0n) is 19.8. The molecule has 3 amide bonds. The lowest BCUT2D eigenvalue weighted by atomic mass is 10.1. The van der Waals surface area contributed by atoms with E-state index in [1.807, 2.05) is 109 Å². The van der Waals surface area contributed by atoms with Crippen LogP contribution in [0.3, 0.4) is 0 Å². The molecule has 0 saturated carbocycles. The largest absolute Gasteiger partial charge is 0.332 e. The first-order valence-corrected chi connectivity index (χ1v) is 12.0. The average Bonchev–Trinajstić information content (AvgIpc) is 3.31. The summed E-state index contributed by atoms with van der Waals surface area (Å²) in [4.78, 5) is 30.9. The summed E-state index contributed by atoms with van der Waals surface area (Å²) in [6.45, 7) is 0.0637. The summed E-state index contributed by atoms with van der Waals surface area (Å²) < 4.78 is 1.51. The predicted molar refractivity (Wildman–Crippen MR) is 148 cm³/mol. The predicted octanol–water partition coefficient (Wildman–Crippen LogP) is 6.74. The zero-order chi connectivity index (χ0) is 25.2. The molecule has 0 saturated heterocycles. The second-order valence-corrected chi connectivity index (χ2v) is 8.64. The molecule has 0 radical (unpaired) electrons. The number of hydrogen-bond acceptors (Lipinski definition) is 3. The maximum atomic E-state index is 13.5. The first-order valence-electron chi connectivity index (χ1n) is 12.0. The first kappa shape index (κ1) is 22.3. The third-order valence-electron chi connectivity index (χ3n) is 6.31. The molecule has 0 spiro atoms. The molecule has 5 aromatic carbocycles. The lowest BCUT2D eigenvalue weighted by Crippen LogP contribution is -2.31. The smallest absolute Gasteiger partial charge is 0.331 e. The molecular formula is C30H23N5O2. The van der Waals surface area contributed by atoms with E-state index in [2.05, 4.69) is 20.9 Å². The fraction of sp³-hybridized carbons (Fsp3) is 0.0333. The van der Waals surface area contributed by atoms with Gasteiger partial charge in [-0.15, -0.1) is 0 Å². The summed E-state index contributed by atoms with van der Waals surface area (Å²) in [5, 5.41) is 12.7. The summed E-state index contributed by atoms with van der Waals surface area (Å²) in [6, 6.07) is 33.9. The number of hydrogen-bond donors (Lipinski definition) is 3. The number of nitrogens with zero attached hydrogens (tertiary/aromatic N) is 2. The van der Waals surface area contributed by atoms with Gasteiger partial charge >= 0.3 is 12.1 Å². The maximum Gasteiger partial charge on any atom is 0.332 e. The minimum Gasteiger partial charge on any atom is -0.331 e. The Balaban J connectivity index is 1.26. The second kappa shape index (κ2) is 9.47. The van der Waals surface area contributed by atoms with Crippen LogP contribution in [-0.4, -0.2) is 21.6 Å². The minimum absolute atomic E-state index is 0.0637. The molecule has 7 heteroatoms. The molecule has 0 unspecified atom stereocenters. The van der Waals surface area contributed by atoms with Crippen LogP contribution in [0.5, 0.6) is 0 Å². The van der Waals surface area contributed by atoms with E-state index in [-0.39, 0.29) is 18.6 Å². The van der Waals surface area contributed by atoms with E-state index in [1.54, 1.807) is 0 Å². The molecule has 1 aromatic heterocycles. The Labute approximate surface area is 212 Å². The fourth-order valence-corrected chi connectivity index (χ4v) is 4.59. The third kappa shape index (κ3) is 4.34. The summed E-state index contributed by atoms with van der Waals surface area (Å²) in [7, 11) is 0. The quantitative estimate of drug-likeness (QED) is 0.258. The summed E-state index contributed by atoms with van der Waals surface area (Å²) in [6.07, 6.45) is 0. The normalized spacial score (nSPS) is 11.0. The number of para-hydroxylation sites is 2. The van der Waals surface area contributed by atoms with Gasteiger partial charge in [-0.25, -0.2) is 19.1 Å². The topological polar surface area (TPSA) is 88.0 Å². The summed E-state index contributed by atoms with van der Waals surface area (Å²) >= 11 is 0. The lowest BCUT2D eigenvalue weighted by Gasteiger charge is -2.13. The highest BCUT2D eigenvalue weighted by atomic mass is 16.2. The van der Waals surface area contributed by atoms with Crippen LogP contribution in [0.1, 0.15) is 5.82 Å². The van der Waals surface area contributed by atoms with E-state index in [9.17, 15) is 9.59 Å². The molecule has 0 aliphatic rings. The van der Waals surface area contributed by atoms with Crippen LogP contribution in [0.2, 0.25) is 0 Å².